The fourth-order valence-corrected chi connectivity index (χ4v) is 12.3. The third-order valence-electron chi connectivity index (χ3n) is 14.3. The van der Waals surface area contributed by atoms with Crippen molar-refractivity contribution in [3.05, 3.63) is 195 Å². The van der Waals surface area contributed by atoms with Crippen molar-refractivity contribution in [3.63, 3.8) is 0 Å². The Labute approximate surface area is 498 Å². The van der Waals surface area contributed by atoms with Gasteiger partial charge in [0.25, 0.3) is 0 Å². The second-order valence-corrected chi connectivity index (χ2v) is 23.3. The highest BCUT2D eigenvalue weighted by Crippen LogP contribution is 2.29. The summed E-state index contributed by atoms with van der Waals surface area (Å²) >= 11 is 22.3. The van der Waals surface area contributed by atoms with Gasteiger partial charge in [0, 0.05) is 165 Å². The van der Waals surface area contributed by atoms with Crippen LogP contribution in [0.3, 0.4) is 0 Å². The number of benzene rings is 6. The Morgan fingerprint density at radius 3 is 1.00 bits per heavy atom. The molecule has 21 heteroatoms. The van der Waals surface area contributed by atoms with Gasteiger partial charge in [-0.3, -0.25) is 14.7 Å². The van der Waals surface area contributed by atoms with E-state index in [0.717, 1.165) is 166 Å². The molecule has 0 spiro atoms. The molecule has 81 heavy (non-hydrogen) atoms. The predicted octanol–water partition coefficient (Wildman–Crippen LogP) is 13.1. The highest BCUT2D eigenvalue weighted by atomic mass is 35.5. The first-order valence-electron chi connectivity index (χ1n) is 27.0. The van der Waals surface area contributed by atoms with Gasteiger partial charge in [0.2, 0.25) is 15.4 Å². The van der Waals surface area contributed by atoms with E-state index in [1.165, 1.54) is 82.1 Å². The molecule has 6 aromatic carbocycles. The first-order valence-corrected chi connectivity index (χ1v) is 30.4. The number of hydrogen-bond donors (Lipinski definition) is 0. The Morgan fingerprint density at radius 2 is 0.667 bits per heavy atom. The third kappa shape index (κ3) is 17.0. The van der Waals surface area contributed by atoms with Gasteiger partial charge in [-0.2, -0.15) is 28.1 Å². The Hall–Kier alpha value is -6.06. The fourth-order valence-electron chi connectivity index (χ4n) is 9.57. The molecule has 0 atom stereocenters. The minimum absolute atomic E-state index is 0.179. The van der Waals surface area contributed by atoms with Crippen LogP contribution in [0, 0.1) is 17.5 Å². The van der Waals surface area contributed by atoms with Crippen LogP contribution in [0.5, 0.6) is 0 Å². The molecule has 3 saturated heterocycles. The van der Waals surface area contributed by atoms with Gasteiger partial charge in [0.1, 0.15) is 17.5 Å². The number of piperazine rings is 3. The lowest BCUT2D eigenvalue weighted by molar-refractivity contribution is 0.261. The molecule has 12 nitrogen and oxygen atoms in total. The molecule has 420 valence electrons. The maximum atomic E-state index is 13.4. The normalized spacial score (nSPS) is 15.3. The highest BCUT2D eigenvalue weighted by Gasteiger charge is 2.24. The van der Waals surface area contributed by atoms with E-state index in [2.05, 4.69) is 59.6 Å². The van der Waals surface area contributed by atoms with E-state index in [0.29, 0.717) is 21.4 Å². The summed E-state index contributed by atoms with van der Waals surface area (Å²) in [5.74, 6) is 1.41. The van der Waals surface area contributed by atoms with E-state index >= 15 is 0 Å². The number of hydrogen-bond acceptors (Lipinski definition) is 15. The van der Waals surface area contributed by atoms with Gasteiger partial charge in [0.15, 0.2) is 17.5 Å². The standard InChI is InChI=1S/C20H20Cl2N4S.C20H20ClFN4S.C20H20F2N4S/c21-17-6-4-15(5-7-17)8-9-25-10-12-26(13-11-25)20-23-19(24-27-20)16-2-1-3-18(22)14-16;21-17-3-1-2-16(14-17)19-23-20(27-24-19)26-12-10-25(11-13-26)9-8-15-4-6-18(22)7-5-15;21-17-6-4-15(5-7-17)8-9-25-10-12-26(13-11-25)20-23-19(24-27-20)16-2-1-3-18(22)14-16/h3*1-7,14H,8-13H2. The first-order chi connectivity index (χ1) is 39.5. The minimum Gasteiger partial charge on any atom is -0.344 e. The molecule has 3 aliphatic rings. The summed E-state index contributed by atoms with van der Waals surface area (Å²) in [6, 6.07) is 43.3. The van der Waals surface area contributed by atoms with Crippen LogP contribution in [-0.4, -0.2) is 141 Å². The van der Waals surface area contributed by atoms with Crippen LogP contribution in [0.1, 0.15) is 16.7 Å². The molecule has 0 radical (unpaired) electrons. The Bertz CT molecular complexity index is 3030. The molecule has 0 amide bonds. The van der Waals surface area contributed by atoms with Crippen LogP contribution in [0.4, 0.5) is 28.6 Å². The summed E-state index contributed by atoms with van der Waals surface area (Å²) in [4.78, 5) is 28.2. The smallest absolute Gasteiger partial charge is 0.205 e. The minimum atomic E-state index is -0.279. The van der Waals surface area contributed by atoms with Crippen molar-refractivity contribution >= 4 is 84.8 Å². The lowest BCUT2D eigenvalue weighted by Crippen LogP contribution is -2.47. The second-order valence-electron chi connectivity index (χ2n) is 19.8. The summed E-state index contributed by atoms with van der Waals surface area (Å²) in [6.45, 7) is 14.6. The van der Waals surface area contributed by atoms with Crippen molar-refractivity contribution in [1.82, 2.24) is 42.8 Å². The first kappa shape index (κ1) is 58.1. The molecule has 9 aromatic rings. The Morgan fingerprint density at radius 1 is 0.346 bits per heavy atom. The summed E-state index contributed by atoms with van der Waals surface area (Å²) < 4.78 is 52.7. The van der Waals surface area contributed by atoms with Gasteiger partial charge in [-0.15, -0.1) is 0 Å². The van der Waals surface area contributed by atoms with E-state index < -0.39 is 0 Å². The predicted molar refractivity (Wildman–Crippen MR) is 327 cm³/mol. The van der Waals surface area contributed by atoms with Crippen LogP contribution < -0.4 is 14.7 Å². The topological polar surface area (TPSA) is 96.8 Å². The third-order valence-corrected chi connectivity index (χ3v) is 17.4. The molecule has 0 unspecified atom stereocenters. The van der Waals surface area contributed by atoms with Gasteiger partial charge in [-0.1, -0.05) is 108 Å². The number of halogens is 6. The fraction of sp³-hybridized carbons (Fsp3) is 0.300. The molecule has 3 aromatic heterocycles. The van der Waals surface area contributed by atoms with Crippen LogP contribution in [0.25, 0.3) is 34.2 Å². The largest absolute Gasteiger partial charge is 0.344 e. The van der Waals surface area contributed by atoms with E-state index in [1.807, 2.05) is 91.0 Å². The zero-order valence-electron chi connectivity index (χ0n) is 44.4. The maximum absolute atomic E-state index is 13.4. The number of aromatic nitrogens is 6. The van der Waals surface area contributed by atoms with Crippen molar-refractivity contribution in [3.8, 4) is 34.2 Å². The van der Waals surface area contributed by atoms with Crippen molar-refractivity contribution in [2.75, 3.05) is 113 Å². The average Bonchev–Trinajstić information content (AvgIpc) is 4.36. The van der Waals surface area contributed by atoms with Crippen LogP contribution in [-0.2, 0) is 19.3 Å². The SMILES string of the molecule is Clc1ccc(CCN2CCN(c3nc(-c4cccc(Cl)c4)ns3)CC2)cc1.Fc1ccc(CCN2CCN(c3nc(-c4cccc(Cl)c4)ns3)CC2)cc1.Fc1ccc(CCN2CCN(c3nc(-c4cccc(F)c4)ns3)CC2)cc1. The monoisotopic (exact) mass is 1210 g/mol. The zero-order valence-corrected chi connectivity index (χ0v) is 49.2. The van der Waals surface area contributed by atoms with E-state index in [-0.39, 0.29) is 17.5 Å². The molecule has 3 fully saturated rings. The van der Waals surface area contributed by atoms with Gasteiger partial charge in [-0.05, 0) is 109 Å². The van der Waals surface area contributed by atoms with Crippen LogP contribution >= 0.6 is 69.4 Å². The van der Waals surface area contributed by atoms with Gasteiger partial charge < -0.3 is 14.7 Å². The second kappa shape index (κ2) is 28.8. The van der Waals surface area contributed by atoms with E-state index in [4.69, 9.17) is 44.8 Å². The zero-order chi connectivity index (χ0) is 55.9. The molecule has 0 saturated carbocycles. The van der Waals surface area contributed by atoms with Crippen molar-refractivity contribution < 1.29 is 13.2 Å². The maximum Gasteiger partial charge on any atom is 0.205 e. The quantitative estimate of drug-likeness (QED) is 0.0978. The summed E-state index contributed by atoms with van der Waals surface area (Å²) in [7, 11) is 0. The molecule has 0 aliphatic carbocycles. The molecule has 3 aliphatic heterocycles. The van der Waals surface area contributed by atoms with Crippen molar-refractivity contribution in [2.24, 2.45) is 0 Å². The molecular weight excluding hydrogens is 1150 g/mol. The molecule has 12 rings (SSSR count). The highest BCUT2D eigenvalue weighted by molar-refractivity contribution is 7.10. The van der Waals surface area contributed by atoms with Crippen LogP contribution in [0.15, 0.2) is 146 Å². The molecular formula is C60H60Cl3F3N12S3. The Kier molecular flexibility index (Phi) is 20.7. The van der Waals surface area contributed by atoms with Crippen molar-refractivity contribution in [1.29, 1.82) is 0 Å². The molecule has 0 bridgehead atoms. The van der Waals surface area contributed by atoms with E-state index in [1.54, 1.807) is 6.07 Å². The lowest BCUT2D eigenvalue weighted by atomic mass is 10.1. The van der Waals surface area contributed by atoms with Crippen molar-refractivity contribution in [2.45, 2.75) is 19.3 Å². The lowest BCUT2D eigenvalue weighted by Gasteiger charge is -2.34. The van der Waals surface area contributed by atoms with E-state index in [9.17, 15) is 13.2 Å². The van der Waals surface area contributed by atoms with Gasteiger partial charge >= 0.3 is 0 Å². The number of rotatable bonds is 15. The summed E-state index contributed by atoms with van der Waals surface area (Å²) in [6.07, 6.45) is 2.91. The average molecular weight is 1210 g/mol. The summed E-state index contributed by atoms with van der Waals surface area (Å²) in [5, 5.41) is 5.02. The van der Waals surface area contributed by atoms with Gasteiger partial charge in [0.05, 0.1) is 0 Å². The van der Waals surface area contributed by atoms with Gasteiger partial charge in [-0.25, -0.2) is 13.2 Å². The number of nitrogens with zero attached hydrogens (tertiary/aromatic N) is 12. The summed E-state index contributed by atoms with van der Waals surface area (Å²) in [5.41, 5.74) is 6.28. The molecule has 0 N–H and O–H groups in total. The molecule has 6 heterocycles. The van der Waals surface area contributed by atoms with Crippen LogP contribution in [0.2, 0.25) is 15.1 Å². The number of anilines is 3. The Balaban J connectivity index is 0.000000136.